The average Bonchev–Trinajstić information content (AvgIpc) is 2.67. The molecule has 0 amide bonds. The molecule has 0 bridgehead atoms. The summed E-state index contributed by atoms with van der Waals surface area (Å²) in [6.07, 6.45) is -4.65. The Bertz CT molecular complexity index is 1030. The van der Waals surface area contributed by atoms with Crippen molar-refractivity contribution in [2.24, 2.45) is 0 Å². The maximum Gasteiger partial charge on any atom is 0.416 e. The molecule has 0 saturated heterocycles. The number of alkyl halides is 3. The molecule has 0 aliphatic carbocycles. The van der Waals surface area contributed by atoms with Crippen LogP contribution in [0.5, 0.6) is 11.5 Å². The van der Waals surface area contributed by atoms with Crippen LogP contribution in [0.2, 0.25) is 0 Å². The number of hydrogen-bond donors (Lipinski definition) is 0. The number of rotatable bonds is 8. The van der Waals surface area contributed by atoms with Crippen LogP contribution in [0, 0.1) is 21.4 Å². The van der Waals surface area contributed by atoms with E-state index in [1.54, 1.807) is 6.07 Å². The number of nitro benzene ring substituents is 1. The molecule has 0 spiro atoms. The molecule has 0 fully saturated rings. The molecule has 0 aliphatic heterocycles. The van der Waals surface area contributed by atoms with Gasteiger partial charge in [-0.25, -0.2) is 0 Å². The summed E-state index contributed by atoms with van der Waals surface area (Å²) in [7, 11) is -4.08. The van der Waals surface area contributed by atoms with Gasteiger partial charge in [0.25, 0.3) is 5.69 Å². The minimum Gasteiger partial charge on any atom is -0.456 e. The third-order valence-corrected chi connectivity index (χ3v) is 5.84. The monoisotopic (exact) mass is 444 g/mol. The molecule has 8 nitrogen and oxygen atoms in total. The van der Waals surface area contributed by atoms with Crippen LogP contribution in [0.25, 0.3) is 0 Å². The Morgan fingerprint density at radius 1 is 1.13 bits per heavy atom. The number of nitrogens with zero attached hydrogens (tertiary/aromatic N) is 2. The largest absolute Gasteiger partial charge is 0.456 e. The summed E-state index contributed by atoms with van der Waals surface area (Å²) in [6, 6.07) is 7.11. The highest BCUT2D eigenvalue weighted by Crippen LogP contribution is 2.50. The van der Waals surface area contributed by atoms with Crippen LogP contribution < -0.4 is 10.0 Å². The van der Waals surface area contributed by atoms with Gasteiger partial charge in [0.15, 0.2) is 0 Å². The van der Waals surface area contributed by atoms with E-state index >= 15 is 0 Å². The molecule has 30 heavy (non-hydrogen) atoms. The smallest absolute Gasteiger partial charge is 0.416 e. The number of nitro groups is 1. The normalized spacial score (nSPS) is 11.7. The first-order chi connectivity index (χ1) is 14.1. The number of ether oxygens (including phenoxy) is 1. The highest BCUT2D eigenvalue weighted by atomic mass is 31.2. The molecule has 0 atom stereocenters. The van der Waals surface area contributed by atoms with Crippen molar-refractivity contribution < 1.29 is 36.4 Å². The standard InChI is InChI=1S/C18H16F3N2O6P/c1-3-27-30(26,28-4-2)17-10-14(6-7-15(17)23(24)25)29-16-8-5-13(18(19,20)21)9-12(16)11-22/h5-10H,3-4H2,1-2H3. The lowest BCUT2D eigenvalue weighted by Gasteiger charge is -2.18. The van der Waals surface area contributed by atoms with Gasteiger partial charge in [-0.3, -0.25) is 14.7 Å². The van der Waals surface area contributed by atoms with Gasteiger partial charge in [0.2, 0.25) is 0 Å². The fourth-order valence-electron chi connectivity index (χ4n) is 2.47. The van der Waals surface area contributed by atoms with Gasteiger partial charge in [0, 0.05) is 12.1 Å². The second-order valence-corrected chi connectivity index (χ2v) is 7.66. The topological polar surface area (TPSA) is 112 Å². The Hall–Kier alpha value is -2.93. The number of benzene rings is 2. The van der Waals surface area contributed by atoms with Gasteiger partial charge in [-0.15, -0.1) is 0 Å². The Kier molecular flexibility index (Phi) is 7.21. The van der Waals surface area contributed by atoms with Crippen molar-refractivity contribution in [1.29, 1.82) is 5.26 Å². The van der Waals surface area contributed by atoms with Crippen molar-refractivity contribution in [3.63, 3.8) is 0 Å². The van der Waals surface area contributed by atoms with E-state index in [-0.39, 0.29) is 30.0 Å². The zero-order valence-electron chi connectivity index (χ0n) is 15.8. The van der Waals surface area contributed by atoms with Crippen LogP contribution in [-0.2, 0) is 19.8 Å². The van der Waals surface area contributed by atoms with Gasteiger partial charge in [0.1, 0.15) is 22.9 Å². The van der Waals surface area contributed by atoms with E-state index in [0.717, 1.165) is 30.3 Å². The Labute approximate surface area is 169 Å². The number of halogens is 3. The van der Waals surface area contributed by atoms with Gasteiger partial charge in [-0.2, -0.15) is 18.4 Å². The molecule has 0 N–H and O–H groups in total. The van der Waals surface area contributed by atoms with E-state index in [9.17, 15) is 27.9 Å². The fourth-order valence-corrected chi connectivity index (χ4v) is 4.22. The first kappa shape index (κ1) is 23.3. The zero-order valence-corrected chi connectivity index (χ0v) is 16.7. The van der Waals surface area contributed by atoms with Crippen molar-refractivity contribution >= 4 is 18.6 Å². The van der Waals surface area contributed by atoms with E-state index < -0.39 is 35.5 Å². The molecule has 0 aromatic heterocycles. The Balaban J connectivity index is 2.54. The van der Waals surface area contributed by atoms with Crippen molar-refractivity contribution in [1.82, 2.24) is 0 Å². The minimum absolute atomic E-state index is 0.0585. The Morgan fingerprint density at radius 2 is 1.77 bits per heavy atom. The summed E-state index contributed by atoms with van der Waals surface area (Å²) >= 11 is 0. The van der Waals surface area contributed by atoms with Crippen molar-refractivity contribution in [3.8, 4) is 17.6 Å². The van der Waals surface area contributed by atoms with Crippen LogP contribution >= 0.6 is 7.60 Å². The number of hydrogen-bond acceptors (Lipinski definition) is 7. The van der Waals surface area contributed by atoms with Gasteiger partial charge < -0.3 is 13.8 Å². The van der Waals surface area contributed by atoms with Crippen molar-refractivity contribution in [2.45, 2.75) is 20.0 Å². The molecule has 2 aromatic carbocycles. The SMILES string of the molecule is CCOP(=O)(OCC)c1cc(Oc2ccc(C(F)(F)F)cc2C#N)ccc1[N+](=O)[O-]. The van der Waals surface area contributed by atoms with Crippen LogP contribution in [0.1, 0.15) is 25.0 Å². The molecule has 2 aromatic rings. The lowest BCUT2D eigenvalue weighted by Crippen LogP contribution is -2.15. The average molecular weight is 444 g/mol. The summed E-state index contributed by atoms with van der Waals surface area (Å²) in [5, 5.41) is 20.1. The van der Waals surface area contributed by atoms with Gasteiger partial charge >= 0.3 is 13.8 Å². The quantitative estimate of drug-likeness (QED) is 0.314. The van der Waals surface area contributed by atoms with Crippen LogP contribution in [-0.4, -0.2) is 18.1 Å². The molecule has 0 unspecified atom stereocenters. The van der Waals surface area contributed by atoms with E-state index in [4.69, 9.17) is 19.0 Å². The molecular formula is C18H16F3N2O6P. The van der Waals surface area contributed by atoms with Crippen LogP contribution in [0.15, 0.2) is 36.4 Å². The predicted molar refractivity (Wildman–Crippen MR) is 99.8 cm³/mol. The lowest BCUT2D eigenvalue weighted by atomic mass is 10.1. The fraction of sp³-hybridized carbons (Fsp3) is 0.278. The third-order valence-electron chi connectivity index (χ3n) is 3.69. The molecule has 0 saturated carbocycles. The minimum atomic E-state index is -4.65. The van der Waals surface area contributed by atoms with E-state index in [0.29, 0.717) is 6.07 Å². The van der Waals surface area contributed by atoms with E-state index in [2.05, 4.69) is 0 Å². The maximum atomic E-state index is 13.0. The Morgan fingerprint density at radius 3 is 2.27 bits per heavy atom. The molecule has 0 radical (unpaired) electrons. The van der Waals surface area contributed by atoms with Crippen LogP contribution in [0.4, 0.5) is 18.9 Å². The highest BCUT2D eigenvalue weighted by Gasteiger charge is 2.35. The molecule has 0 aliphatic rings. The van der Waals surface area contributed by atoms with Gasteiger partial charge in [-0.1, -0.05) is 0 Å². The maximum absolute atomic E-state index is 13.0. The highest BCUT2D eigenvalue weighted by molar-refractivity contribution is 7.62. The molecule has 2 rings (SSSR count). The van der Waals surface area contributed by atoms with Gasteiger partial charge in [0.05, 0.1) is 29.3 Å². The molecule has 12 heteroatoms. The molecule has 160 valence electrons. The van der Waals surface area contributed by atoms with Crippen LogP contribution in [0.3, 0.4) is 0 Å². The lowest BCUT2D eigenvalue weighted by molar-refractivity contribution is -0.383. The summed E-state index contributed by atoms with van der Waals surface area (Å²) in [5.74, 6) is -0.320. The summed E-state index contributed by atoms with van der Waals surface area (Å²) in [5.41, 5.74) is -1.98. The second-order valence-electron chi connectivity index (χ2n) is 5.66. The zero-order chi connectivity index (χ0) is 22.5. The van der Waals surface area contributed by atoms with Crippen molar-refractivity contribution in [2.75, 3.05) is 13.2 Å². The first-order valence-electron chi connectivity index (χ1n) is 8.53. The summed E-state index contributed by atoms with van der Waals surface area (Å²) in [4.78, 5) is 10.6. The predicted octanol–water partition coefficient (Wildman–Crippen LogP) is 5.17. The first-order valence-corrected chi connectivity index (χ1v) is 10.1. The summed E-state index contributed by atoms with van der Waals surface area (Å²) in [6.45, 7) is 2.94. The third kappa shape index (κ3) is 5.16. The second kappa shape index (κ2) is 9.26. The van der Waals surface area contributed by atoms with Crippen molar-refractivity contribution in [3.05, 3.63) is 57.6 Å². The number of nitriles is 1. The molecular weight excluding hydrogens is 428 g/mol. The van der Waals surface area contributed by atoms with E-state index in [1.165, 1.54) is 13.8 Å². The van der Waals surface area contributed by atoms with Gasteiger partial charge in [-0.05, 0) is 38.1 Å². The summed E-state index contributed by atoms with van der Waals surface area (Å²) < 4.78 is 67.3. The van der Waals surface area contributed by atoms with E-state index in [1.807, 2.05) is 0 Å². The molecule has 0 heterocycles.